The number of fused-ring (bicyclic) bond motifs is 1. The third-order valence-electron chi connectivity index (χ3n) is 4.10. The van der Waals surface area contributed by atoms with Crippen LogP contribution in [0.5, 0.6) is 0 Å². The summed E-state index contributed by atoms with van der Waals surface area (Å²) < 4.78 is 5.17. The molecule has 2 N–H and O–H groups in total. The van der Waals surface area contributed by atoms with Gasteiger partial charge in [-0.05, 0) is 49.2 Å². The number of carbonyl (C=O) groups excluding carboxylic acids is 1. The summed E-state index contributed by atoms with van der Waals surface area (Å²) in [6, 6.07) is 11.4. The van der Waals surface area contributed by atoms with Crippen LogP contribution in [0.3, 0.4) is 0 Å². The molecule has 1 aromatic carbocycles. The van der Waals surface area contributed by atoms with E-state index in [4.69, 9.17) is 4.52 Å². The lowest BCUT2D eigenvalue weighted by Gasteiger charge is -1.99. The highest BCUT2D eigenvalue weighted by atomic mass is 16.5. The van der Waals surface area contributed by atoms with E-state index in [9.17, 15) is 4.79 Å². The minimum Gasteiger partial charge on any atom is -0.351 e. The molecule has 7 nitrogen and oxygen atoms in total. The molecule has 130 valence electrons. The van der Waals surface area contributed by atoms with Gasteiger partial charge >= 0.3 is 0 Å². The van der Waals surface area contributed by atoms with Gasteiger partial charge in [-0.15, -0.1) is 0 Å². The van der Waals surface area contributed by atoms with E-state index < -0.39 is 0 Å². The number of amides is 1. The number of aromatic amines is 1. The van der Waals surface area contributed by atoms with Crippen molar-refractivity contribution < 1.29 is 9.32 Å². The van der Waals surface area contributed by atoms with E-state index in [1.807, 2.05) is 38.1 Å². The van der Waals surface area contributed by atoms with Crippen LogP contribution in [0.1, 0.15) is 27.5 Å². The predicted molar refractivity (Wildman–Crippen MR) is 96.5 cm³/mol. The van der Waals surface area contributed by atoms with Crippen molar-refractivity contribution in [1.82, 2.24) is 25.4 Å². The summed E-state index contributed by atoms with van der Waals surface area (Å²) in [5.74, 6) is 0.490. The van der Waals surface area contributed by atoms with Crippen LogP contribution in [0, 0.1) is 13.8 Å². The van der Waals surface area contributed by atoms with Crippen LogP contribution in [0.4, 0.5) is 0 Å². The normalized spacial score (nSPS) is 11.0. The monoisotopic (exact) mass is 347 g/mol. The highest BCUT2D eigenvalue weighted by molar-refractivity contribution is 5.98. The third-order valence-corrected chi connectivity index (χ3v) is 4.10. The highest BCUT2D eigenvalue weighted by Crippen LogP contribution is 2.21. The van der Waals surface area contributed by atoms with Crippen LogP contribution < -0.4 is 5.32 Å². The molecule has 3 aromatic heterocycles. The molecule has 0 saturated heterocycles. The van der Waals surface area contributed by atoms with Gasteiger partial charge in [-0.3, -0.25) is 9.78 Å². The summed E-state index contributed by atoms with van der Waals surface area (Å²) in [6.07, 6.45) is 1.66. The number of pyridine rings is 1. The molecule has 0 aliphatic carbocycles. The molecule has 0 saturated carbocycles. The first-order valence-electron chi connectivity index (χ1n) is 8.22. The molecule has 0 unspecified atom stereocenters. The Morgan fingerprint density at radius 1 is 1.23 bits per heavy atom. The van der Waals surface area contributed by atoms with E-state index in [0.29, 0.717) is 23.1 Å². The van der Waals surface area contributed by atoms with Crippen molar-refractivity contribution >= 4 is 16.8 Å². The zero-order valence-corrected chi connectivity index (χ0v) is 14.4. The fourth-order valence-electron chi connectivity index (χ4n) is 2.90. The molecule has 1 amide bonds. The fourth-order valence-corrected chi connectivity index (χ4v) is 2.90. The number of nitrogens with one attached hydrogen (secondary N) is 2. The van der Waals surface area contributed by atoms with Crippen molar-refractivity contribution in [3.8, 4) is 11.5 Å². The third kappa shape index (κ3) is 3.06. The van der Waals surface area contributed by atoms with Crippen LogP contribution >= 0.6 is 0 Å². The Balaban J connectivity index is 1.48. The Hall–Kier alpha value is -3.48. The van der Waals surface area contributed by atoms with E-state index in [2.05, 4.69) is 31.5 Å². The minimum absolute atomic E-state index is 0.145. The van der Waals surface area contributed by atoms with Crippen LogP contribution in [-0.4, -0.2) is 26.0 Å². The van der Waals surface area contributed by atoms with E-state index in [-0.39, 0.29) is 12.5 Å². The van der Waals surface area contributed by atoms with Crippen LogP contribution in [-0.2, 0) is 6.54 Å². The Labute approximate surface area is 149 Å². The largest absolute Gasteiger partial charge is 0.351 e. The van der Waals surface area contributed by atoms with E-state index in [1.165, 1.54) is 0 Å². The summed E-state index contributed by atoms with van der Waals surface area (Å²) in [5.41, 5.74) is 4.35. The number of hydrogen-bond acceptors (Lipinski definition) is 5. The topological polar surface area (TPSA) is 96.7 Å². The predicted octanol–water partition coefficient (Wildman–Crippen LogP) is 3.16. The molecule has 7 heteroatoms. The standard InChI is InChI=1S/C19H17N5O2/c1-11-7-12(2)13-9-16(22-15(13)8-11)19(25)21-10-17-23-18(24-26-17)14-5-3-4-6-20-14/h3-9,22H,10H2,1-2H3,(H,21,25). The molecule has 0 aliphatic rings. The minimum atomic E-state index is -0.226. The zero-order valence-electron chi connectivity index (χ0n) is 14.4. The summed E-state index contributed by atoms with van der Waals surface area (Å²) >= 11 is 0. The summed E-state index contributed by atoms with van der Waals surface area (Å²) in [4.78, 5) is 24.0. The van der Waals surface area contributed by atoms with Crippen LogP contribution in [0.2, 0.25) is 0 Å². The number of carbonyl (C=O) groups is 1. The first-order valence-corrected chi connectivity index (χ1v) is 8.22. The number of hydrogen-bond donors (Lipinski definition) is 2. The van der Waals surface area contributed by atoms with Gasteiger partial charge in [0.05, 0.1) is 6.54 Å². The highest BCUT2D eigenvalue weighted by Gasteiger charge is 2.14. The van der Waals surface area contributed by atoms with Crippen molar-refractivity contribution in [1.29, 1.82) is 0 Å². The van der Waals surface area contributed by atoms with E-state index in [1.54, 1.807) is 12.3 Å². The first kappa shape index (κ1) is 16.0. The number of aryl methyl sites for hydroxylation is 2. The van der Waals surface area contributed by atoms with Crippen LogP contribution in [0.25, 0.3) is 22.4 Å². The second kappa shape index (κ2) is 6.44. The van der Waals surface area contributed by atoms with Gasteiger partial charge in [0.25, 0.3) is 5.91 Å². The zero-order chi connectivity index (χ0) is 18.1. The first-order chi connectivity index (χ1) is 12.6. The maximum absolute atomic E-state index is 12.4. The molecular formula is C19H17N5O2. The van der Waals surface area contributed by atoms with Gasteiger partial charge in [0.15, 0.2) is 0 Å². The lowest BCUT2D eigenvalue weighted by Crippen LogP contribution is -2.23. The molecule has 0 atom stereocenters. The van der Waals surface area contributed by atoms with Gasteiger partial charge in [0, 0.05) is 17.1 Å². The van der Waals surface area contributed by atoms with Gasteiger partial charge in [-0.1, -0.05) is 17.3 Å². The van der Waals surface area contributed by atoms with Gasteiger partial charge in [-0.25, -0.2) is 0 Å². The van der Waals surface area contributed by atoms with Crippen molar-refractivity contribution in [2.24, 2.45) is 0 Å². The molecule has 4 aromatic rings. The average molecular weight is 347 g/mol. The van der Waals surface area contributed by atoms with Gasteiger partial charge in [-0.2, -0.15) is 4.98 Å². The Bertz CT molecular complexity index is 1080. The van der Waals surface area contributed by atoms with Gasteiger partial charge in [0.1, 0.15) is 11.4 Å². The molecule has 0 radical (unpaired) electrons. The van der Waals surface area contributed by atoms with E-state index >= 15 is 0 Å². The van der Waals surface area contributed by atoms with Crippen molar-refractivity contribution in [2.45, 2.75) is 20.4 Å². The Morgan fingerprint density at radius 2 is 2.12 bits per heavy atom. The number of nitrogens with zero attached hydrogens (tertiary/aromatic N) is 3. The van der Waals surface area contributed by atoms with Gasteiger partial charge in [0.2, 0.25) is 11.7 Å². The molecular weight excluding hydrogens is 330 g/mol. The van der Waals surface area contributed by atoms with Gasteiger partial charge < -0.3 is 14.8 Å². The molecule has 26 heavy (non-hydrogen) atoms. The average Bonchev–Trinajstić information content (AvgIpc) is 3.27. The summed E-state index contributed by atoms with van der Waals surface area (Å²) in [7, 11) is 0. The number of benzene rings is 1. The SMILES string of the molecule is Cc1cc(C)c2cc(C(=O)NCc3nc(-c4ccccn4)no3)[nH]c2c1. The maximum atomic E-state index is 12.4. The number of H-pyrrole nitrogens is 1. The van der Waals surface area contributed by atoms with Crippen LogP contribution in [0.15, 0.2) is 47.1 Å². The lowest BCUT2D eigenvalue weighted by atomic mass is 10.1. The van der Waals surface area contributed by atoms with Crippen molar-refractivity contribution in [3.63, 3.8) is 0 Å². The number of rotatable bonds is 4. The van der Waals surface area contributed by atoms with Crippen molar-refractivity contribution in [3.05, 3.63) is 65.3 Å². The quantitative estimate of drug-likeness (QED) is 0.591. The second-order valence-corrected chi connectivity index (χ2v) is 6.14. The summed E-state index contributed by atoms with van der Waals surface area (Å²) in [6.45, 7) is 4.20. The summed E-state index contributed by atoms with van der Waals surface area (Å²) in [5, 5.41) is 7.71. The fraction of sp³-hybridized carbons (Fsp3) is 0.158. The Morgan fingerprint density at radius 3 is 2.92 bits per heavy atom. The molecule has 3 heterocycles. The molecule has 0 fully saturated rings. The molecule has 0 aliphatic heterocycles. The molecule has 4 rings (SSSR count). The van der Waals surface area contributed by atoms with E-state index in [0.717, 1.165) is 22.0 Å². The maximum Gasteiger partial charge on any atom is 0.268 e. The number of aromatic nitrogens is 4. The van der Waals surface area contributed by atoms with Crippen molar-refractivity contribution in [2.75, 3.05) is 0 Å². The molecule has 0 spiro atoms. The second-order valence-electron chi connectivity index (χ2n) is 6.14. The smallest absolute Gasteiger partial charge is 0.268 e. The Kier molecular flexibility index (Phi) is 3.96. The lowest BCUT2D eigenvalue weighted by molar-refractivity contribution is 0.0942. The molecule has 0 bridgehead atoms.